The van der Waals surface area contributed by atoms with Gasteiger partial charge in [-0.1, -0.05) is 24.3 Å². The maximum atomic E-state index is 13.0. The summed E-state index contributed by atoms with van der Waals surface area (Å²) in [6, 6.07) is 15.0. The number of likely N-dealkylation sites (N-methyl/N-ethyl adjacent to an activating group) is 2. The van der Waals surface area contributed by atoms with Crippen molar-refractivity contribution in [3.05, 3.63) is 54.1 Å². The van der Waals surface area contributed by atoms with Gasteiger partial charge in [0.2, 0.25) is 5.91 Å². The number of para-hydroxylation sites is 2. The van der Waals surface area contributed by atoms with Crippen molar-refractivity contribution in [2.75, 3.05) is 39.2 Å². The van der Waals surface area contributed by atoms with Crippen molar-refractivity contribution in [3.63, 3.8) is 0 Å². The van der Waals surface area contributed by atoms with Crippen LogP contribution in [-0.2, 0) is 16.1 Å². The molecule has 2 aromatic carbocycles. The third-order valence-corrected chi connectivity index (χ3v) is 4.61. The zero-order valence-electron chi connectivity index (χ0n) is 16.3. The summed E-state index contributed by atoms with van der Waals surface area (Å²) in [5.41, 5.74) is 1.74. The van der Waals surface area contributed by atoms with Gasteiger partial charge in [0.15, 0.2) is 6.10 Å². The number of hydrogen-bond donors (Lipinski definition) is 1. The largest absolute Gasteiger partial charge is 0.497 e. The van der Waals surface area contributed by atoms with E-state index in [0.717, 1.165) is 11.3 Å². The Morgan fingerprint density at radius 1 is 1.25 bits per heavy atom. The SMILES string of the molecule is CNC(=O)[C@H]1CN(C(=O)CN(C)Cc2cccc(OC)c2)c2ccccc2O1. The third kappa shape index (κ3) is 4.43. The molecule has 7 heteroatoms. The van der Waals surface area contributed by atoms with Gasteiger partial charge in [-0.05, 0) is 36.9 Å². The molecule has 28 heavy (non-hydrogen) atoms. The van der Waals surface area contributed by atoms with Gasteiger partial charge in [0.05, 0.1) is 25.9 Å². The Labute approximate surface area is 164 Å². The van der Waals surface area contributed by atoms with E-state index in [-0.39, 0.29) is 24.9 Å². The number of anilines is 1. The van der Waals surface area contributed by atoms with Crippen molar-refractivity contribution in [3.8, 4) is 11.5 Å². The summed E-state index contributed by atoms with van der Waals surface area (Å²) in [6.45, 7) is 1.00. The van der Waals surface area contributed by atoms with E-state index >= 15 is 0 Å². The monoisotopic (exact) mass is 383 g/mol. The highest BCUT2D eigenvalue weighted by atomic mass is 16.5. The first-order valence-electron chi connectivity index (χ1n) is 9.11. The zero-order chi connectivity index (χ0) is 20.1. The zero-order valence-corrected chi connectivity index (χ0v) is 16.3. The molecule has 1 N–H and O–H groups in total. The number of ether oxygens (including phenoxy) is 2. The van der Waals surface area contributed by atoms with Crippen LogP contribution in [0.15, 0.2) is 48.5 Å². The Hall–Kier alpha value is -3.06. The van der Waals surface area contributed by atoms with Crippen LogP contribution in [0.5, 0.6) is 11.5 Å². The summed E-state index contributed by atoms with van der Waals surface area (Å²) in [4.78, 5) is 28.6. The highest BCUT2D eigenvalue weighted by molar-refractivity contribution is 5.98. The van der Waals surface area contributed by atoms with Crippen LogP contribution in [0.3, 0.4) is 0 Å². The molecule has 0 unspecified atom stereocenters. The fraction of sp³-hybridized carbons (Fsp3) is 0.333. The number of nitrogens with one attached hydrogen (secondary N) is 1. The predicted molar refractivity (Wildman–Crippen MR) is 107 cm³/mol. The lowest BCUT2D eigenvalue weighted by molar-refractivity contribution is -0.128. The molecule has 0 radical (unpaired) electrons. The molecule has 0 fully saturated rings. The average Bonchev–Trinajstić information content (AvgIpc) is 2.72. The minimum atomic E-state index is -0.729. The summed E-state index contributed by atoms with van der Waals surface area (Å²) in [5, 5.41) is 2.59. The number of nitrogens with zero attached hydrogens (tertiary/aromatic N) is 2. The van der Waals surface area contributed by atoms with Crippen molar-refractivity contribution < 1.29 is 19.1 Å². The summed E-state index contributed by atoms with van der Waals surface area (Å²) in [6.07, 6.45) is -0.729. The number of rotatable bonds is 6. The van der Waals surface area contributed by atoms with Gasteiger partial charge in [-0.3, -0.25) is 14.5 Å². The van der Waals surface area contributed by atoms with Crippen LogP contribution < -0.4 is 19.7 Å². The topological polar surface area (TPSA) is 71.1 Å². The van der Waals surface area contributed by atoms with E-state index in [1.54, 1.807) is 25.1 Å². The molecule has 2 amide bonds. The molecule has 0 spiro atoms. The van der Waals surface area contributed by atoms with Crippen molar-refractivity contribution >= 4 is 17.5 Å². The van der Waals surface area contributed by atoms with Gasteiger partial charge in [-0.15, -0.1) is 0 Å². The normalized spacial score (nSPS) is 15.6. The molecule has 1 atom stereocenters. The first-order chi connectivity index (χ1) is 13.5. The average molecular weight is 383 g/mol. The second kappa shape index (κ2) is 8.75. The number of benzene rings is 2. The van der Waals surface area contributed by atoms with E-state index < -0.39 is 6.10 Å². The van der Waals surface area contributed by atoms with Crippen LogP contribution in [0.25, 0.3) is 0 Å². The fourth-order valence-electron chi connectivity index (χ4n) is 3.22. The molecule has 1 aliphatic rings. The molecule has 1 aliphatic heterocycles. The van der Waals surface area contributed by atoms with Crippen LogP contribution in [0.2, 0.25) is 0 Å². The Balaban J connectivity index is 1.72. The smallest absolute Gasteiger partial charge is 0.262 e. The van der Waals surface area contributed by atoms with E-state index in [1.165, 1.54) is 0 Å². The molecular weight excluding hydrogens is 358 g/mol. The molecule has 0 aliphatic carbocycles. The molecule has 0 saturated carbocycles. The Morgan fingerprint density at radius 2 is 2.04 bits per heavy atom. The molecule has 0 saturated heterocycles. The minimum absolute atomic E-state index is 0.0879. The lowest BCUT2D eigenvalue weighted by atomic mass is 10.1. The first-order valence-corrected chi connectivity index (χ1v) is 9.11. The van der Waals surface area contributed by atoms with Crippen molar-refractivity contribution in [1.82, 2.24) is 10.2 Å². The van der Waals surface area contributed by atoms with Gasteiger partial charge in [0, 0.05) is 13.6 Å². The quantitative estimate of drug-likeness (QED) is 0.822. The van der Waals surface area contributed by atoms with E-state index in [2.05, 4.69) is 5.32 Å². The van der Waals surface area contributed by atoms with E-state index in [4.69, 9.17) is 9.47 Å². The molecule has 0 aromatic heterocycles. The molecule has 2 aromatic rings. The number of methoxy groups -OCH3 is 1. The second-order valence-corrected chi connectivity index (χ2v) is 6.72. The predicted octanol–water partition coefficient (Wildman–Crippen LogP) is 1.67. The maximum absolute atomic E-state index is 13.0. The van der Waals surface area contributed by atoms with E-state index in [1.807, 2.05) is 54.4 Å². The van der Waals surface area contributed by atoms with E-state index in [9.17, 15) is 9.59 Å². The molecule has 3 rings (SSSR count). The standard InChI is InChI=1S/C21H25N3O4/c1-22-21(26)19-13-24(17-9-4-5-10-18(17)28-19)20(25)14-23(2)12-15-7-6-8-16(11-15)27-3/h4-11,19H,12-14H2,1-3H3,(H,22,26)/t19-/m1/s1. The third-order valence-electron chi connectivity index (χ3n) is 4.61. The fourth-order valence-corrected chi connectivity index (χ4v) is 3.22. The Kier molecular flexibility index (Phi) is 6.16. The van der Waals surface area contributed by atoms with Crippen LogP contribution in [0.4, 0.5) is 5.69 Å². The number of amides is 2. The molecule has 7 nitrogen and oxygen atoms in total. The molecular formula is C21H25N3O4. The van der Waals surface area contributed by atoms with Crippen LogP contribution in [-0.4, -0.2) is 57.1 Å². The Bertz CT molecular complexity index is 855. The van der Waals surface area contributed by atoms with Crippen LogP contribution >= 0.6 is 0 Å². The van der Waals surface area contributed by atoms with Gasteiger partial charge < -0.3 is 19.7 Å². The first kappa shape index (κ1) is 19.7. The lowest BCUT2D eigenvalue weighted by Gasteiger charge is -2.34. The lowest BCUT2D eigenvalue weighted by Crippen LogP contribution is -2.51. The van der Waals surface area contributed by atoms with E-state index in [0.29, 0.717) is 18.0 Å². The number of carbonyl (C=O) groups excluding carboxylic acids is 2. The highest BCUT2D eigenvalue weighted by Crippen LogP contribution is 2.33. The summed E-state index contributed by atoms with van der Waals surface area (Å²) in [5.74, 6) is 0.978. The summed E-state index contributed by atoms with van der Waals surface area (Å²) in [7, 11) is 5.07. The maximum Gasteiger partial charge on any atom is 0.262 e. The molecule has 1 heterocycles. The highest BCUT2D eigenvalue weighted by Gasteiger charge is 2.33. The van der Waals surface area contributed by atoms with Crippen molar-refractivity contribution in [2.45, 2.75) is 12.6 Å². The van der Waals surface area contributed by atoms with Gasteiger partial charge >= 0.3 is 0 Å². The van der Waals surface area contributed by atoms with Gasteiger partial charge in [0.25, 0.3) is 5.91 Å². The Morgan fingerprint density at radius 3 is 2.79 bits per heavy atom. The van der Waals surface area contributed by atoms with Crippen molar-refractivity contribution in [1.29, 1.82) is 0 Å². The van der Waals surface area contributed by atoms with Gasteiger partial charge in [-0.2, -0.15) is 0 Å². The number of fused-ring (bicyclic) bond motifs is 1. The molecule has 148 valence electrons. The summed E-state index contributed by atoms with van der Waals surface area (Å²) >= 11 is 0. The summed E-state index contributed by atoms with van der Waals surface area (Å²) < 4.78 is 11.0. The number of carbonyl (C=O) groups is 2. The molecule has 0 bridgehead atoms. The number of hydrogen-bond acceptors (Lipinski definition) is 5. The second-order valence-electron chi connectivity index (χ2n) is 6.72. The van der Waals surface area contributed by atoms with Crippen molar-refractivity contribution in [2.24, 2.45) is 0 Å². The van der Waals surface area contributed by atoms with Gasteiger partial charge in [0.1, 0.15) is 11.5 Å². The van der Waals surface area contributed by atoms with Crippen LogP contribution in [0, 0.1) is 0 Å². The van der Waals surface area contributed by atoms with Crippen LogP contribution in [0.1, 0.15) is 5.56 Å². The van der Waals surface area contributed by atoms with Gasteiger partial charge in [-0.25, -0.2) is 0 Å². The minimum Gasteiger partial charge on any atom is -0.497 e.